The van der Waals surface area contributed by atoms with E-state index in [-0.39, 0.29) is 31.4 Å². The van der Waals surface area contributed by atoms with Crippen molar-refractivity contribution in [2.45, 2.75) is 83.8 Å². The predicted octanol–water partition coefficient (Wildman–Crippen LogP) is 6.59. The molecular formula is C35H47ClN2O5Si. The van der Waals surface area contributed by atoms with Crippen molar-refractivity contribution in [1.29, 1.82) is 0 Å². The molecule has 0 aromatic heterocycles. The molecule has 0 bridgehead atoms. The number of halogens is 1. The first kappa shape index (κ1) is 34.1. The number of amides is 2. The summed E-state index contributed by atoms with van der Waals surface area (Å²) < 4.78 is 6.82. The Morgan fingerprint density at radius 3 is 2.48 bits per heavy atom. The third kappa shape index (κ3) is 7.21. The minimum absolute atomic E-state index is 0.00681. The zero-order valence-electron chi connectivity index (χ0n) is 26.8. The molecule has 0 saturated carbocycles. The van der Waals surface area contributed by atoms with Gasteiger partial charge in [0.2, 0.25) is 5.91 Å². The van der Waals surface area contributed by atoms with Gasteiger partial charge in [-0.05, 0) is 70.5 Å². The second-order valence-electron chi connectivity index (χ2n) is 13.0. The number of carbonyl (C=O) groups is 2. The number of ether oxygens (including phenoxy) is 1. The van der Waals surface area contributed by atoms with Crippen LogP contribution in [0.5, 0.6) is 0 Å². The maximum Gasteiger partial charge on any atom is 0.264 e. The third-order valence-electron chi connectivity index (χ3n) is 8.97. The van der Waals surface area contributed by atoms with E-state index in [0.717, 1.165) is 24.1 Å². The van der Waals surface area contributed by atoms with Crippen molar-refractivity contribution in [3.05, 3.63) is 88.0 Å². The molecule has 0 unspecified atom stereocenters. The number of allylic oxidation sites excluding steroid dienone is 3. The van der Waals surface area contributed by atoms with Crippen molar-refractivity contribution in [2.24, 2.45) is 5.92 Å². The van der Waals surface area contributed by atoms with Gasteiger partial charge in [-0.2, -0.15) is 0 Å². The van der Waals surface area contributed by atoms with Crippen LogP contribution in [-0.2, 0) is 26.5 Å². The first-order chi connectivity index (χ1) is 20.8. The molecule has 1 spiro atoms. The van der Waals surface area contributed by atoms with E-state index in [4.69, 9.17) is 16.3 Å². The van der Waals surface area contributed by atoms with Crippen LogP contribution >= 0.6 is 11.6 Å². The zero-order valence-corrected chi connectivity index (χ0v) is 28.6. The minimum Gasteiger partial charge on any atom is -0.432 e. The molecule has 7 nitrogen and oxygen atoms in total. The van der Waals surface area contributed by atoms with Crippen LogP contribution in [0.15, 0.2) is 71.8 Å². The molecule has 2 aromatic carbocycles. The number of nitrogens with zero attached hydrogens (tertiary/aromatic N) is 2. The van der Waals surface area contributed by atoms with E-state index in [0.29, 0.717) is 23.7 Å². The summed E-state index contributed by atoms with van der Waals surface area (Å²) in [4.78, 5) is 43.2. The standard InChI is InChI=1S/C35H47ClN2O5Si/c1-24(2)11-10-12-25(3)17-18-38-30-16-15-28(36)21-29(30)35(34(38)41)26(4)33(44(5,6)42)31(43-35)22-32(40)37(19-20-39)23-27-13-8-7-9-14-27/h7-9,11,13-17,21,26,31,33,39,42H,10,12,18-20,22-23H2,1-6H3/b25-17+/t26-,31+,33-,35+/m1/s1. The molecule has 9 heteroatoms. The molecule has 238 valence electrons. The number of hydrogen-bond donors (Lipinski definition) is 2. The molecule has 0 aliphatic carbocycles. The van der Waals surface area contributed by atoms with Crippen LogP contribution < -0.4 is 4.90 Å². The molecule has 2 aromatic rings. The number of benzene rings is 2. The molecule has 4 atom stereocenters. The van der Waals surface area contributed by atoms with Crippen LogP contribution in [0, 0.1) is 5.92 Å². The van der Waals surface area contributed by atoms with E-state index < -0.39 is 31.5 Å². The van der Waals surface area contributed by atoms with Gasteiger partial charge in [0.1, 0.15) is 0 Å². The van der Waals surface area contributed by atoms with Gasteiger partial charge < -0.3 is 24.4 Å². The molecular weight excluding hydrogens is 592 g/mol. The smallest absolute Gasteiger partial charge is 0.264 e. The topological polar surface area (TPSA) is 90.3 Å². The van der Waals surface area contributed by atoms with Crippen molar-refractivity contribution >= 4 is 37.4 Å². The summed E-state index contributed by atoms with van der Waals surface area (Å²) >= 11 is 6.51. The van der Waals surface area contributed by atoms with Gasteiger partial charge in [0, 0.05) is 41.7 Å². The fourth-order valence-corrected chi connectivity index (χ4v) is 9.61. The van der Waals surface area contributed by atoms with Gasteiger partial charge >= 0.3 is 0 Å². The minimum atomic E-state index is -2.95. The Labute approximate surface area is 268 Å². The fraction of sp³-hybridized carbons (Fsp3) is 0.486. The average Bonchev–Trinajstić information content (AvgIpc) is 3.37. The lowest BCUT2D eigenvalue weighted by Gasteiger charge is -2.32. The number of aliphatic hydroxyl groups excluding tert-OH is 1. The quantitative estimate of drug-likeness (QED) is 0.202. The second-order valence-corrected chi connectivity index (χ2v) is 17.4. The van der Waals surface area contributed by atoms with Gasteiger partial charge in [-0.25, -0.2) is 0 Å². The van der Waals surface area contributed by atoms with E-state index in [2.05, 4.69) is 32.9 Å². The molecule has 1 fully saturated rings. The SMILES string of the molecule is CC(C)=CCC/C(C)=C/CN1C(=O)[C@@]2(O[C@@H](CC(=O)N(CCO)Cc3ccccc3)[C@H]([Si](C)(C)O)[C@H]2C)c2cc(Cl)ccc21. The average molecular weight is 639 g/mol. The van der Waals surface area contributed by atoms with Crippen LogP contribution in [0.25, 0.3) is 0 Å². The number of carbonyl (C=O) groups excluding carboxylic acids is 2. The number of hydrogen-bond acceptors (Lipinski definition) is 5. The summed E-state index contributed by atoms with van der Waals surface area (Å²) in [5.74, 6) is -0.779. The fourth-order valence-electron chi connectivity index (χ4n) is 6.89. The van der Waals surface area contributed by atoms with Crippen LogP contribution in [0.4, 0.5) is 5.69 Å². The van der Waals surface area contributed by atoms with Crippen molar-refractivity contribution in [2.75, 3.05) is 24.6 Å². The Morgan fingerprint density at radius 2 is 1.84 bits per heavy atom. The van der Waals surface area contributed by atoms with Gasteiger partial charge in [-0.3, -0.25) is 9.59 Å². The maximum atomic E-state index is 14.5. The summed E-state index contributed by atoms with van der Waals surface area (Å²) in [6, 6.07) is 15.1. The van der Waals surface area contributed by atoms with Crippen molar-refractivity contribution in [3.8, 4) is 0 Å². The normalized spacial score (nSPS) is 23.3. The van der Waals surface area contributed by atoms with Gasteiger partial charge in [-0.1, -0.05) is 72.2 Å². The number of anilines is 1. The molecule has 1 saturated heterocycles. The summed E-state index contributed by atoms with van der Waals surface area (Å²) in [7, 11) is -2.95. The van der Waals surface area contributed by atoms with Crippen LogP contribution in [0.2, 0.25) is 23.7 Å². The van der Waals surface area contributed by atoms with Crippen LogP contribution in [0.3, 0.4) is 0 Å². The second kappa shape index (κ2) is 14.1. The molecule has 2 heterocycles. The highest BCUT2D eigenvalue weighted by molar-refractivity contribution is 6.71. The highest BCUT2D eigenvalue weighted by atomic mass is 35.5. The Kier molecular flexibility index (Phi) is 11.0. The van der Waals surface area contributed by atoms with E-state index in [1.54, 1.807) is 21.9 Å². The Balaban J connectivity index is 1.66. The van der Waals surface area contributed by atoms with Crippen molar-refractivity contribution in [3.63, 3.8) is 0 Å². The van der Waals surface area contributed by atoms with E-state index in [9.17, 15) is 19.5 Å². The van der Waals surface area contributed by atoms with Crippen LogP contribution in [-0.4, -0.2) is 60.7 Å². The number of aliphatic hydroxyl groups is 1. The molecule has 0 radical (unpaired) electrons. The first-order valence-corrected chi connectivity index (χ1v) is 18.9. The van der Waals surface area contributed by atoms with Gasteiger partial charge in [0.15, 0.2) is 13.9 Å². The highest BCUT2D eigenvalue weighted by Crippen LogP contribution is 2.60. The van der Waals surface area contributed by atoms with Crippen molar-refractivity contribution in [1.82, 2.24) is 4.90 Å². The molecule has 2 N–H and O–H groups in total. The summed E-state index contributed by atoms with van der Waals surface area (Å²) in [6.07, 6.45) is 5.46. The molecule has 2 aliphatic rings. The predicted molar refractivity (Wildman–Crippen MR) is 179 cm³/mol. The monoisotopic (exact) mass is 638 g/mol. The van der Waals surface area contributed by atoms with Crippen molar-refractivity contribution < 1.29 is 24.2 Å². The Bertz CT molecular complexity index is 1400. The van der Waals surface area contributed by atoms with Gasteiger partial charge in [0.25, 0.3) is 5.91 Å². The molecule has 2 aliphatic heterocycles. The maximum absolute atomic E-state index is 14.5. The summed E-state index contributed by atoms with van der Waals surface area (Å²) in [5.41, 5.74) is 3.10. The lowest BCUT2D eigenvalue weighted by molar-refractivity contribution is -0.149. The van der Waals surface area contributed by atoms with Gasteiger partial charge in [-0.15, -0.1) is 0 Å². The summed E-state index contributed by atoms with van der Waals surface area (Å²) in [6.45, 7) is 12.7. The largest absolute Gasteiger partial charge is 0.432 e. The summed E-state index contributed by atoms with van der Waals surface area (Å²) in [5, 5.41) is 10.2. The molecule has 4 rings (SSSR count). The lowest BCUT2D eigenvalue weighted by Crippen LogP contribution is -2.46. The molecule has 2 amide bonds. The van der Waals surface area contributed by atoms with E-state index >= 15 is 0 Å². The number of fused-ring (bicyclic) bond motifs is 2. The highest BCUT2D eigenvalue weighted by Gasteiger charge is 2.66. The third-order valence-corrected chi connectivity index (χ3v) is 11.7. The van der Waals surface area contributed by atoms with Gasteiger partial charge in [0.05, 0.1) is 24.8 Å². The van der Waals surface area contributed by atoms with E-state index in [1.807, 2.05) is 56.4 Å². The lowest BCUT2D eigenvalue weighted by atomic mass is 9.82. The zero-order chi connectivity index (χ0) is 32.2. The first-order valence-electron chi connectivity index (χ1n) is 15.5. The van der Waals surface area contributed by atoms with Crippen LogP contribution in [0.1, 0.15) is 58.1 Å². The number of rotatable bonds is 12. The Hall–Kier alpha value is -2.75. The Morgan fingerprint density at radius 1 is 1.14 bits per heavy atom. The molecule has 44 heavy (non-hydrogen) atoms. The van der Waals surface area contributed by atoms with E-state index in [1.165, 1.54) is 11.1 Å².